The van der Waals surface area contributed by atoms with Crippen LogP contribution in [0.2, 0.25) is 5.02 Å². The second kappa shape index (κ2) is 6.07. The summed E-state index contributed by atoms with van der Waals surface area (Å²) in [5.41, 5.74) is 5.95. The summed E-state index contributed by atoms with van der Waals surface area (Å²) >= 11 is 5.70. The minimum atomic E-state index is -0.814. The first-order chi connectivity index (χ1) is 7.99. The van der Waals surface area contributed by atoms with Gasteiger partial charge in [0.2, 0.25) is 0 Å². The van der Waals surface area contributed by atoms with Gasteiger partial charge >= 0.3 is 0 Å². The van der Waals surface area contributed by atoms with Crippen LogP contribution in [0.4, 0.5) is 0 Å². The molecule has 0 heterocycles. The molecule has 0 aromatic heterocycles. The highest BCUT2D eigenvalue weighted by Crippen LogP contribution is 2.15. The molecule has 0 spiro atoms. The smallest absolute Gasteiger partial charge is 0.273 e. The van der Waals surface area contributed by atoms with Gasteiger partial charge in [-0.2, -0.15) is 0 Å². The number of nitrogens with two attached hydrogens (primary N) is 1. The van der Waals surface area contributed by atoms with Crippen molar-refractivity contribution in [3.8, 4) is 0 Å². The molecule has 0 saturated heterocycles. The van der Waals surface area contributed by atoms with Crippen molar-refractivity contribution >= 4 is 11.6 Å². The lowest BCUT2D eigenvalue weighted by atomic mass is 10.1. The van der Waals surface area contributed by atoms with E-state index in [1.807, 2.05) is 0 Å². The van der Waals surface area contributed by atoms with Crippen molar-refractivity contribution in [1.29, 1.82) is 0 Å². The molecule has 92 valence electrons. The predicted molar refractivity (Wildman–Crippen MR) is 63.7 cm³/mol. The van der Waals surface area contributed by atoms with E-state index in [1.54, 1.807) is 24.3 Å². The number of hydrogen-bond donors (Lipinski definition) is 3. The Labute approximate surface area is 103 Å². The second-order valence-electron chi connectivity index (χ2n) is 3.32. The highest BCUT2D eigenvalue weighted by molar-refractivity contribution is 6.30. The summed E-state index contributed by atoms with van der Waals surface area (Å²) in [6, 6.07) is 6.64. The van der Waals surface area contributed by atoms with Crippen molar-refractivity contribution in [2.24, 2.45) is 5.73 Å². The Morgan fingerprint density at radius 1 is 1.59 bits per heavy atom. The molecule has 0 amide bonds. The fourth-order valence-corrected chi connectivity index (χ4v) is 1.30. The first-order valence-electron chi connectivity index (χ1n) is 4.77. The normalized spacial score (nSPS) is 13.2. The molecule has 0 aliphatic carbocycles. The highest BCUT2D eigenvalue weighted by atomic mass is 35.5. The number of benzene rings is 1. The van der Waals surface area contributed by atoms with Crippen molar-refractivity contribution < 1.29 is 10.0 Å². The summed E-state index contributed by atoms with van der Waals surface area (Å²) in [4.78, 5) is 9.42. The molecule has 0 saturated carbocycles. The molecule has 7 heteroatoms. The summed E-state index contributed by atoms with van der Waals surface area (Å²) in [6.07, 6.45) is -0.180. The van der Waals surface area contributed by atoms with E-state index in [4.69, 9.17) is 17.3 Å². The molecule has 1 unspecified atom stereocenters. The monoisotopic (exact) mass is 257 g/mol. The van der Waals surface area contributed by atoms with Crippen molar-refractivity contribution in [2.75, 3.05) is 6.54 Å². The van der Waals surface area contributed by atoms with Crippen molar-refractivity contribution in [3.05, 3.63) is 57.0 Å². The van der Waals surface area contributed by atoms with E-state index < -0.39 is 11.0 Å². The Bertz CT molecular complexity index is 419. The van der Waals surface area contributed by atoms with Gasteiger partial charge in [0, 0.05) is 11.6 Å². The first-order valence-corrected chi connectivity index (χ1v) is 5.15. The number of aliphatic hydroxyl groups is 1. The van der Waals surface area contributed by atoms with Crippen LogP contribution in [0.1, 0.15) is 11.7 Å². The number of hydrogen-bond acceptors (Lipinski definition) is 5. The van der Waals surface area contributed by atoms with Gasteiger partial charge in [-0.25, -0.2) is 0 Å². The highest BCUT2D eigenvalue weighted by Gasteiger charge is 2.07. The second-order valence-corrected chi connectivity index (χ2v) is 3.75. The lowest BCUT2D eigenvalue weighted by Gasteiger charge is -2.12. The molecule has 1 atom stereocenters. The zero-order chi connectivity index (χ0) is 12.8. The molecule has 0 fully saturated rings. The Morgan fingerprint density at radius 3 is 2.71 bits per heavy atom. The van der Waals surface area contributed by atoms with E-state index in [-0.39, 0.29) is 12.4 Å². The fraction of sp³-hybridized carbons (Fsp3) is 0.200. The van der Waals surface area contributed by atoms with Gasteiger partial charge in [-0.3, -0.25) is 10.1 Å². The first kappa shape index (κ1) is 13.3. The van der Waals surface area contributed by atoms with Crippen molar-refractivity contribution in [1.82, 2.24) is 5.32 Å². The van der Waals surface area contributed by atoms with E-state index in [0.29, 0.717) is 16.8 Å². The Balaban J connectivity index is 2.52. The summed E-state index contributed by atoms with van der Waals surface area (Å²) in [5, 5.41) is 22.9. The zero-order valence-electron chi connectivity index (χ0n) is 8.84. The summed E-state index contributed by atoms with van der Waals surface area (Å²) in [7, 11) is 0. The van der Waals surface area contributed by atoms with Crippen molar-refractivity contribution in [3.63, 3.8) is 0 Å². The van der Waals surface area contributed by atoms with Crippen LogP contribution in [0.15, 0.2) is 36.3 Å². The van der Waals surface area contributed by atoms with Crippen molar-refractivity contribution in [2.45, 2.75) is 6.10 Å². The third-order valence-corrected chi connectivity index (χ3v) is 2.25. The molecule has 1 rings (SSSR count). The Morgan fingerprint density at radius 2 is 2.18 bits per heavy atom. The molecular formula is C10H12ClN3O3. The quantitative estimate of drug-likeness (QED) is 0.539. The molecule has 1 aromatic carbocycles. The fourth-order valence-electron chi connectivity index (χ4n) is 1.18. The van der Waals surface area contributed by atoms with Gasteiger partial charge in [0.05, 0.1) is 11.0 Å². The average Bonchev–Trinajstić information content (AvgIpc) is 2.26. The Hall–Kier alpha value is -1.79. The molecule has 6 nitrogen and oxygen atoms in total. The third-order valence-electron chi connectivity index (χ3n) is 2.00. The molecule has 4 N–H and O–H groups in total. The van der Waals surface area contributed by atoms with Gasteiger partial charge in [-0.15, -0.1) is 0 Å². The number of aliphatic hydroxyl groups excluding tert-OH is 1. The number of nitrogens with one attached hydrogen (secondary N) is 1. The maximum atomic E-state index is 10.1. The molecular weight excluding hydrogens is 246 g/mol. The molecule has 0 aliphatic rings. The molecule has 0 aliphatic heterocycles. The standard InChI is InChI=1S/C10H12ClN3O3/c11-8-3-1-7(2-4-8)9(15)5-13-10(12)6-14(16)17/h1-4,6,9,13,15H,5,12H2. The number of nitrogens with zero attached hydrogens (tertiary/aromatic N) is 1. The molecule has 0 bridgehead atoms. The molecule has 1 aromatic rings. The largest absolute Gasteiger partial charge is 0.387 e. The number of rotatable bonds is 5. The predicted octanol–water partition coefficient (Wildman–Crippen LogP) is 0.997. The number of halogens is 1. The van der Waals surface area contributed by atoms with Crippen LogP contribution in [0.25, 0.3) is 0 Å². The average molecular weight is 258 g/mol. The van der Waals surface area contributed by atoms with Crippen LogP contribution in [0, 0.1) is 10.1 Å². The Kier molecular flexibility index (Phi) is 4.74. The lowest BCUT2D eigenvalue weighted by molar-refractivity contribution is -0.403. The third kappa shape index (κ3) is 4.71. The minimum absolute atomic E-state index is 0.0812. The summed E-state index contributed by atoms with van der Waals surface area (Å²) in [6.45, 7) is 0.0812. The van der Waals surface area contributed by atoms with Crippen LogP contribution in [-0.2, 0) is 0 Å². The number of nitro groups is 1. The van der Waals surface area contributed by atoms with E-state index >= 15 is 0 Å². The van der Waals surface area contributed by atoms with Gasteiger partial charge in [-0.1, -0.05) is 23.7 Å². The van der Waals surface area contributed by atoms with Gasteiger partial charge in [-0.05, 0) is 17.7 Å². The van der Waals surface area contributed by atoms with Crippen LogP contribution in [0.3, 0.4) is 0 Å². The molecule has 17 heavy (non-hydrogen) atoms. The maximum Gasteiger partial charge on any atom is 0.273 e. The topological polar surface area (TPSA) is 101 Å². The lowest BCUT2D eigenvalue weighted by Crippen LogP contribution is -2.26. The van der Waals surface area contributed by atoms with Gasteiger partial charge in [0.25, 0.3) is 6.20 Å². The van der Waals surface area contributed by atoms with Crippen LogP contribution in [0.5, 0.6) is 0 Å². The van der Waals surface area contributed by atoms with E-state index in [1.165, 1.54) is 0 Å². The minimum Gasteiger partial charge on any atom is -0.387 e. The van der Waals surface area contributed by atoms with E-state index in [9.17, 15) is 15.2 Å². The van der Waals surface area contributed by atoms with Crippen LogP contribution >= 0.6 is 11.6 Å². The zero-order valence-corrected chi connectivity index (χ0v) is 9.59. The van der Waals surface area contributed by atoms with E-state index in [0.717, 1.165) is 0 Å². The van der Waals surface area contributed by atoms with Crippen LogP contribution in [-0.4, -0.2) is 16.6 Å². The summed E-state index contributed by atoms with van der Waals surface area (Å²) < 4.78 is 0. The summed E-state index contributed by atoms with van der Waals surface area (Å²) in [5.74, 6) is -0.108. The molecule has 0 radical (unpaired) electrons. The maximum absolute atomic E-state index is 10.1. The van der Waals surface area contributed by atoms with Gasteiger partial charge in [0.1, 0.15) is 0 Å². The van der Waals surface area contributed by atoms with E-state index in [2.05, 4.69) is 5.32 Å². The van der Waals surface area contributed by atoms with Crippen LogP contribution < -0.4 is 11.1 Å². The van der Waals surface area contributed by atoms with Gasteiger partial charge in [0.15, 0.2) is 5.82 Å². The van der Waals surface area contributed by atoms with Gasteiger partial charge < -0.3 is 16.2 Å². The SMILES string of the molecule is NC(=C[N+](=O)[O-])NCC(O)c1ccc(Cl)cc1.